The van der Waals surface area contributed by atoms with Gasteiger partial charge in [0.05, 0.1) is 22.1 Å². The molecule has 11 aromatic rings. The Morgan fingerprint density at radius 3 is 1.60 bits per heavy atom. The molecule has 0 fully saturated rings. The van der Waals surface area contributed by atoms with Crippen LogP contribution in [0.5, 0.6) is 0 Å². The molecule has 2 aliphatic heterocycles. The molecule has 0 saturated heterocycles. The molecule has 0 aliphatic carbocycles. The van der Waals surface area contributed by atoms with Gasteiger partial charge in [0.1, 0.15) is 0 Å². The predicted molar refractivity (Wildman–Crippen MR) is 253 cm³/mol. The summed E-state index contributed by atoms with van der Waals surface area (Å²) in [5, 5.41) is 11.0. The van der Waals surface area contributed by atoms with Crippen LogP contribution in [0, 0.1) is 0 Å². The fourth-order valence-electron chi connectivity index (χ4n) is 9.39. The summed E-state index contributed by atoms with van der Waals surface area (Å²) >= 11 is 7.54. The zero-order valence-electron chi connectivity index (χ0n) is 30.3. The smallest absolute Gasteiger partial charge is 0.266 e. The van der Waals surface area contributed by atoms with Crippen LogP contribution in [-0.4, -0.2) is 6.71 Å². The molecule has 0 atom stereocenters. The van der Waals surface area contributed by atoms with Crippen molar-refractivity contribution >= 4 is 142 Å². The van der Waals surface area contributed by atoms with Crippen molar-refractivity contribution in [1.82, 2.24) is 0 Å². The molecule has 0 N–H and O–H groups in total. The number of benzene rings is 7. The second kappa shape index (κ2) is 12.3. The van der Waals surface area contributed by atoms with Crippen molar-refractivity contribution in [3.05, 3.63) is 175 Å². The molecule has 4 aromatic heterocycles. The van der Waals surface area contributed by atoms with E-state index in [2.05, 4.69) is 184 Å². The quantitative estimate of drug-likeness (QED) is 0.164. The summed E-state index contributed by atoms with van der Waals surface area (Å²) < 4.78 is 6.63. The number of rotatable bonds is 4. The van der Waals surface area contributed by atoms with Crippen LogP contribution in [0.2, 0.25) is 0 Å². The molecule has 7 heteroatoms. The first-order valence-corrected chi connectivity index (χ1v) is 22.6. The molecule has 6 heterocycles. The third kappa shape index (κ3) is 4.62. The van der Waals surface area contributed by atoms with Crippen LogP contribution in [0.1, 0.15) is 0 Å². The van der Waals surface area contributed by atoms with Crippen LogP contribution in [0.25, 0.3) is 62.6 Å². The van der Waals surface area contributed by atoms with E-state index in [1.807, 2.05) is 45.3 Å². The maximum absolute atomic E-state index is 2.63. The Bertz CT molecular complexity index is 3390. The summed E-state index contributed by atoms with van der Waals surface area (Å²) in [5.74, 6) is 0. The summed E-state index contributed by atoms with van der Waals surface area (Å²) in [5.41, 5.74) is 13.9. The Morgan fingerprint density at radius 1 is 0.404 bits per heavy atom. The summed E-state index contributed by atoms with van der Waals surface area (Å²) in [6.07, 6.45) is 0. The number of thiophene rings is 4. The minimum absolute atomic E-state index is 0.0681. The highest BCUT2D eigenvalue weighted by atomic mass is 32.1. The van der Waals surface area contributed by atoms with E-state index in [1.165, 1.54) is 112 Å². The van der Waals surface area contributed by atoms with E-state index in [0.29, 0.717) is 0 Å². The van der Waals surface area contributed by atoms with Gasteiger partial charge < -0.3 is 9.80 Å². The van der Waals surface area contributed by atoms with Gasteiger partial charge in [0.2, 0.25) is 0 Å². The number of hydrogen-bond donors (Lipinski definition) is 0. The van der Waals surface area contributed by atoms with Gasteiger partial charge in [-0.3, -0.25) is 0 Å². The molecule has 2 nitrogen and oxygen atoms in total. The van der Waals surface area contributed by atoms with Crippen LogP contribution in [0.4, 0.5) is 33.4 Å². The van der Waals surface area contributed by atoms with E-state index in [-0.39, 0.29) is 6.71 Å². The first-order valence-electron chi connectivity index (χ1n) is 19.2. The van der Waals surface area contributed by atoms with Crippen molar-refractivity contribution in [2.75, 3.05) is 9.80 Å². The molecule has 57 heavy (non-hydrogen) atoms. The van der Waals surface area contributed by atoms with Gasteiger partial charge in [0, 0.05) is 51.5 Å². The fraction of sp³-hybridized carbons (Fsp3) is 0. The van der Waals surface area contributed by atoms with Crippen molar-refractivity contribution in [1.29, 1.82) is 0 Å². The molecule has 13 rings (SSSR count). The van der Waals surface area contributed by atoms with Crippen molar-refractivity contribution < 1.29 is 0 Å². The van der Waals surface area contributed by atoms with Crippen LogP contribution in [0.15, 0.2) is 175 Å². The number of anilines is 6. The molecule has 0 saturated carbocycles. The molecule has 2 aliphatic rings. The van der Waals surface area contributed by atoms with Crippen LogP contribution in [0.3, 0.4) is 0 Å². The SMILES string of the molecule is c1ccc(-c2cc3ccsc3cc2N2c3cccc4c3B(c3sc5ccccc5c3N4c3cc4sccc4cc3-c3ccccc3)c3c2sc2ccccc32)cc1. The normalized spacial score (nSPS) is 13.2. The van der Waals surface area contributed by atoms with Gasteiger partial charge in [-0.15, -0.1) is 45.3 Å². The highest BCUT2D eigenvalue weighted by Crippen LogP contribution is 2.53. The first kappa shape index (κ1) is 32.2. The molecule has 7 aromatic carbocycles. The molecule has 0 radical (unpaired) electrons. The lowest BCUT2D eigenvalue weighted by Gasteiger charge is -2.42. The van der Waals surface area contributed by atoms with Crippen molar-refractivity contribution in [3.8, 4) is 22.3 Å². The predicted octanol–water partition coefficient (Wildman–Crippen LogP) is 14.0. The minimum atomic E-state index is 0.0681. The second-order valence-corrected chi connectivity index (χ2v) is 18.8. The van der Waals surface area contributed by atoms with Gasteiger partial charge in [-0.25, -0.2) is 0 Å². The maximum Gasteiger partial charge on any atom is 0.266 e. The Hall–Kier alpha value is -5.96. The highest BCUT2D eigenvalue weighted by Gasteiger charge is 2.47. The highest BCUT2D eigenvalue weighted by molar-refractivity contribution is 7.35. The third-order valence-electron chi connectivity index (χ3n) is 11.8. The Labute approximate surface area is 345 Å². The lowest BCUT2D eigenvalue weighted by molar-refractivity contribution is 1.29. The standard InChI is InChI=1S/C50H29BN2S4/c1-3-12-30(13-4-1)36-26-32-22-24-54-44(32)28-40(36)52-38-18-11-19-39-47(38)51(49-48(52)35-17-8-10-21-43(35)56-49)46-34-16-7-9-20-42(34)57-50(46)53(39)41-29-45-33(23-25-55-45)27-37(41)31-14-5-2-6-15-31/h1-29H. The lowest BCUT2D eigenvalue weighted by atomic mass is 9.36. The summed E-state index contributed by atoms with van der Waals surface area (Å²) in [6.45, 7) is 0.0681. The average Bonchev–Trinajstić information content (AvgIpc) is 4.08. The van der Waals surface area contributed by atoms with Gasteiger partial charge in [-0.1, -0.05) is 103 Å². The van der Waals surface area contributed by atoms with Crippen LogP contribution < -0.4 is 25.5 Å². The van der Waals surface area contributed by atoms with Gasteiger partial charge in [-0.05, 0) is 110 Å². The lowest BCUT2D eigenvalue weighted by Crippen LogP contribution is -2.60. The average molecular weight is 797 g/mol. The molecular formula is C50H29BN2S4. The molecule has 0 amide bonds. The Morgan fingerprint density at radius 2 is 0.947 bits per heavy atom. The number of hydrogen-bond acceptors (Lipinski definition) is 6. The topological polar surface area (TPSA) is 6.48 Å². The molecule has 0 unspecified atom stereocenters. The van der Waals surface area contributed by atoms with Crippen molar-refractivity contribution in [2.24, 2.45) is 0 Å². The van der Waals surface area contributed by atoms with Gasteiger partial charge in [-0.2, -0.15) is 0 Å². The van der Waals surface area contributed by atoms with E-state index in [4.69, 9.17) is 0 Å². The maximum atomic E-state index is 2.63. The van der Waals surface area contributed by atoms with E-state index in [9.17, 15) is 0 Å². The molecule has 266 valence electrons. The van der Waals surface area contributed by atoms with Crippen LogP contribution >= 0.6 is 45.3 Å². The molecular weight excluding hydrogens is 768 g/mol. The van der Waals surface area contributed by atoms with E-state index < -0.39 is 0 Å². The van der Waals surface area contributed by atoms with Crippen molar-refractivity contribution in [2.45, 2.75) is 0 Å². The molecule has 0 spiro atoms. The summed E-state index contributed by atoms with van der Waals surface area (Å²) in [6, 6.07) is 61.3. The van der Waals surface area contributed by atoms with Gasteiger partial charge in [0.25, 0.3) is 6.71 Å². The minimum Gasteiger partial charge on any atom is -0.309 e. The first-order chi connectivity index (χ1) is 28.3. The van der Waals surface area contributed by atoms with E-state index in [0.717, 1.165) is 0 Å². The molecule has 0 bridgehead atoms. The monoisotopic (exact) mass is 796 g/mol. The number of nitrogens with zero attached hydrogens (tertiary/aromatic N) is 2. The summed E-state index contributed by atoms with van der Waals surface area (Å²) in [4.78, 5) is 5.25. The Kier molecular flexibility index (Phi) is 6.92. The largest absolute Gasteiger partial charge is 0.309 e. The van der Waals surface area contributed by atoms with Crippen LogP contribution in [-0.2, 0) is 0 Å². The zero-order chi connectivity index (χ0) is 37.2. The third-order valence-corrected chi connectivity index (χ3v) is 16.0. The van der Waals surface area contributed by atoms with Gasteiger partial charge in [0.15, 0.2) is 0 Å². The zero-order valence-corrected chi connectivity index (χ0v) is 33.6. The van der Waals surface area contributed by atoms with E-state index in [1.54, 1.807) is 0 Å². The van der Waals surface area contributed by atoms with E-state index >= 15 is 0 Å². The Balaban J connectivity index is 1.18. The summed E-state index contributed by atoms with van der Waals surface area (Å²) in [7, 11) is 0. The number of fused-ring (bicyclic) bond motifs is 10. The fourth-order valence-corrected chi connectivity index (χ4v) is 13.6. The second-order valence-electron chi connectivity index (χ2n) is 14.8. The van der Waals surface area contributed by atoms with Gasteiger partial charge >= 0.3 is 0 Å². The van der Waals surface area contributed by atoms with Crippen molar-refractivity contribution in [3.63, 3.8) is 0 Å².